The fourth-order valence-electron chi connectivity index (χ4n) is 3.43. The molecule has 0 saturated heterocycles. The molecule has 0 fully saturated rings. The van der Waals surface area contributed by atoms with E-state index in [0.717, 1.165) is 39.4 Å². The van der Waals surface area contributed by atoms with E-state index in [2.05, 4.69) is 15.1 Å². The molecule has 0 radical (unpaired) electrons. The molecule has 2 aromatic heterocycles. The number of hydrogen-bond acceptors (Lipinski definition) is 5. The second kappa shape index (κ2) is 6.37. The summed E-state index contributed by atoms with van der Waals surface area (Å²) in [5.74, 6) is 1.68. The lowest BCUT2D eigenvalue weighted by molar-refractivity contribution is -0.132. The van der Waals surface area contributed by atoms with E-state index < -0.39 is 0 Å². The van der Waals surface area contributed by atoms with Gasteiger partial charge in [-0.25, -0.2) is 5.01 Å². The van der Waals surface area contributed by atoms with Crippen molar-refractivity contribution in [1.29, 1.82) is 0 Å². The summed E-state index contributed by atoms with van der Waals surface area (Å²) in [5, 5.41) is 6.25. The van der Waals surface area contributed by atoms with Gasteiger partial charge < -0.3 is 4.42 Å². The lowest BCUT2D eigenvalue weighted by atomic mass is 9.98. The molecule has 3 aromatic rings. The first kappa shape index (κ1) is 16.4. The molecule has 6 heteroatoms. The van der Waals surface area contributed by atoms with Gasteiger partial charge in [0.2, 0.25) is 5.91 Å². The summed E-state index contributed by atoms with van der Waals surface area (Å²) < 4.78 is 5.65. The average molecular weight is 348 g/mol. The fraction of sp³-hybridized carbons (Fsp3) is 0.300. The maximum Gasteiger partial charge on any atom is 0.242 e. The quantitative estimate of drug-likeness (QED) is 0.719. The van der Waals surface area contributed by atoms with Crippen molar-refractivity contribution in [3.63, 3.8) is 0 Å². The summed E-state index contributed by atoms with van der Waals surface area (Å²) in [7, 11) is 0. The predicted molar refractivity (Wildman–Crippen MR) is 98.8 cm³/mol. The van der Waals surface area contributed by atoms with E-state index in [1.807, 2.05) is 45.0 Å². The molecule has 1 atom stereocenters. The molecule has 1 aliphatic heterocycles. The second-order valence-electron chi connectivity index (χ2n) is 6.49. The van der Waals surface area contributed by atoms with Gasteiger partial charge in [0.1, 0.15) is 11.5 Å². The van der Waals surface area contributed by atoms with Gasteiger partial charge in [-0.05, 0) is 37.6 Å². The zero-order valence-electron chi connectivity index (χ0n) is 15.1. The van der Waals surface area contributed by atoms with Gasteiger partial charge in [-0.15, -0.1) is 0 Å². The molecule has 0 saturated carbocycles. The number of rotatable bonds is 3. The molecular formula is C20H20N4O2. The van der Waals surface area contributed by atoms with Crippen molar-refractivity contribution in [2.75, 3.05) is 0 Å². The third-order valence-electron chi connectivity index (χ3n) is 4.70. The number of amides is 1. The number of furan rings is 1. The third-order valence-corrected chi connectivity index (χ3v) is 4.70. The first-order valence-corrected chi connectivity index (χ1v) is 8.74. The minimum Gasteiger partial charge on any atom is -0.466 e. The van der Waals surface area contributed by atoms with Gasteiger partial charge in [-0.3, -0.25) is 14.8 Å². The lowest BCUT2D eigenvalue weighted by Gasteiger charge is -2.21. The van der Waals surface area contributed by atoms with Crippen molar-refractivity contribution < 1.29 is 9.21 Å². The Morgan fingerprint density at radius 3 is 2.65 bits per heavy atom. The van der Waals surface area contributed by atoms with E-state index >= 15 is 0 Å². The molecule has 132 valence electrons. The Morgan fingerprint density at radius 2 is 1.96 bits per heavy atom. The first-order valence-electron chi connectivity index (χ1n) is 8.74. The molecule has 1 aliphatic rings. The van der Waals surface area contributed by atoms with Crippen LogP contribution < -0.4 is 0 Å². The topological polar surface area (TPSA) is 71.6 Å². The van der Waals surface area contributed by atoms with E-state index in [-0.39, 0.29) is 11.9 Å². The van der Waals surface area contributed by atoms with Crippen LogP contribution in [0.2, 0.25) is 0 Å². The zero-order chi connectivity index (χ0) is 18.3. The normalized spacial score (nSPS) is 17.0. The van der Waals surface area contributed by atoms with Gasteiger partial charge in [0.15, 0.2) is 0 Å². The summed E-state index contributed by atoms with van der Waals surface area (Å²) in [6.07, 6.45) is 4.41. The number of fused-ring (bicyclic) bond motifs is 1. The standard InChI is InChI=1S/C20H20N4O2/c1-4-20(25)24-19(11-17(23-24)15-9-12(2)26-13(15)3)14-5-6-16-18(10-14)22-8-7-21-16/h5-10,19H,4,11H2,1-3H3/t19-/m0/s1. The smallest absolute Gasteiger partial charge is 0.242 e. The minimum atomic E-state index is -0.140. The number of hydrazone groups is 1. The highest BCUT2D eigenvalue weighted by Gasteiger charge is 2.33. The van der Waals surface area contributed by atoms with Gasteiger partial charge in [-0.1, -0.05) is 13.0 Å². The van der Waals surface area contributed by atoms with Crippen molar-refractivity contribution in [2.24, 2.45) is 5.10 Å². The van der Waals surface area contributed by atoms with Crippen LogP contribution in [0.1, 0.15) is 48.5 Å². The molecule has 3 heterocycles. The average Bonchev–Trinajstić information content (AvgIpc) is 3.23. The predicted octanol–water partition coefficient (Wildman–Crippen LogP) is 3.93. The molecule has 6 nitrogen and oxygen atoms in total. The van der Waals surface area contributed by atoms with E-state index in [9.17, 15) is 4.79 Å². The minimum absolute atomic E-state index is 0.00196. The first-order chi connectivity index (χ1) is 12.6. The van der Waals surface area contributed by atoms with Crippen LogP contribution in [0.3, 0.4) is 0 Å². The number of hydrogen-bond donors (Lipinski definition) is 0. The van der Waals surface area contributed by atoms with Gasteiger partial charge in [0, 0.05) is 30.8 Å². The molecule has 4 rings (SSSR count). The Morgan fingerprint density at radius 1 is 1.19 bits per heavy atom. The fourth-order valence-corrected chi connectivity index (χ4v) is 3.43. The van der Waals surface area contributed by atoms with Gasteiger partial charge in [0.05, 0.1) is 22.8 Å². The van der Waals surface area contributed by atoms with Gasteiger partial charge in [0.25, 0.3) is 0 Å². The Hall–Kier alpha value is -3.02. The third kappa shape index (κ3) is 2.77. The number of benzene rings is 1. The summed E-state index contributed by atoms with van der Waals surface area (Å²) in [6.45, 7) is 5.70. The van der Waals surface area contributed by atoms with Crippen LogP contribution in [0.15, 0.2) is 46.2 Å². The Labute approximate surface area is 151 Å². The van der Waals surface area contributed by atoms with E-state index in [1.165, 1.54) is 0 Å². The maximum absolute atomic E-state index is 12.5. The molecule has 1 aromatic carbocycles. The molecule has 0 aliphatic carbocycles. The van der Waals surface area contributed by atoms with Crippen LogP contribution in [0.25, 0.3) is 11.0 Å². The molecule has 26 heavy (non-hydrogen) atoms. The van der Waals surface area contributed by atoms with Crippen LogP contribution in [0, 0.1) is 13.8 Å². The number of nitrogens with zero attached hydrogens (tertiary/aromatic N) is 4. The van der Waals surface area contributed by atoms with Crippen molar-refractivity contribution in [1.82, 2.24) is 15.0 Å². The van der Waals surface area contributed by atoms with Crippen molar-refractivity contribution in [2.45, 2.75) is 39.7 Å². The summed E-state index contributed by atoms with van der Waals surface area (Å²) >= 11 is 0. The highest BCUT2D eigenvalue weighted by Crippen LogP contribution is 2.35. The number of aryl methyl sites for hydroxylation is 2. The Balaban J connectivity index is 1.74. The number of aromatic nitrogens is 2. The van der Waals surface area contributed by atoms with Crippen molar-refractivity contribution >= 4 is 22.7 Å². The van der Waals surface area contributed by atoms with E-state index in [0.29, 0.717) is 12.8 Å². The van der Waals surface area contributed by atoms with Crippen LogP contribution in [0.5, 0.6) is 0 Å². The number of carbonyl (C=O) groups is 1. The second-order valence-corrected chi connectivity index (χ2v) is 6.49. The zero-order valence-corrected chi connectivity index (χ0v) is 15.1. The lowest BCUT2D eigenvalue weighted by Crippen LogP contribution is -2.26. The molecule has 0 unspecified atom stereocenters. The molecule has 0 N–H and O–H groups in total. The SMILES string of the molecule is CCC(=O)N1N=C(c2cc(C)oc2C)C[C@H]1c1ccc2nccnc2c1. The highest BCUT2D eigenvalue weighted by atomic mass is 16.3. The van der Waals surface area contributed by atoms with E-state index in [1.54, 1.807) is 17.4 Å². The van der Waals surface area contributed by atoms with Gasteiger partial charge in [-0.2, -0.15) is 5.10 Å². The van der Waals surface area contributed by atoms with Crippen LogP contribution in [0.4, 0.5) is 0 Å². The Kier molecular flexibility index (Phi) is 4.03. The summed E-state index contributed by atoms with van der Waals surface area (Å²) in [4.78, 5) is 21.2. The molecule has 0 bridgehead atoms. The highest BCUT2D eigenvalue weighted by molar-refractivity contribution is 6.04. The Bertz CT molecular complexity index is 1020. The van der Waals surface area contributed by atoms with Crippen molar-refractivity contribution in [3.8, 4) is 0 Å². The maximum atomic E-state index is 12.5. The van der Waals surface area contributed by atoms with Crippen LogP contribution in [-0.2, 0) is 4.79 Å². The summed E-state index contributed by atoms with van der Waals surface area (Å²) in [6, 6.07) is 7.78. The largest absolute Gasteiger partial charge is 0.466 e. The van der Waals surface area contributed by atoms with Gasteiger partial charge >= 0.3 is 0 Å². The van der Waals surface area contributed by atoms with E-state index in [4.69, 9.17) is 4.42 Å². The van der Waals surface area contributed by atoms with Crippen LogP contribution >= 0.6 is 0 Å². The summed E-state index contributed by atoms with van der Waals surface area (Å²) in [5.41, 5.74) is 4.52. The van der Waals surface area contributed by atoms with Crippen molar-refractivity contribution in [3.05, 3.63) is 59.3 Å². The monoisotopic (exact) mass is 348 g/mol. The molecular weight excluding hydrogens is 328 g/mol. The molecule has 1 amide bonds. The van der Waals surface area contributed by atoms with Crippen LogP contribution in [-0.4, -0.2) is 26.6 Å². The number of carbonyl (C=O) groups excluding carboxylic acids is 1. The molecule has 0 spiro atoms.